The van der Waals surface area contributed by atoms with Gasteiger partial charge in [0.2, 0.25) is 0 Å². The summed E-state index contributed by atoms with van der Waals surface area (Å²) in [6.45, 7) is 4.78. The molecule has 1 unspecified atom stereocenters. The summed E-state index contributed by atoms with van der Waals surface area (Å²) < 4.78 is 6.03. The van der Waals surface area contributed by atoms with Crippen molar-refractivity contribution in [2.75, 3.05) is 24.6 Å². The molecule has 5 heteroatoms. The van der Waals surface area contributed by atoms with Crippen LogP contribution in [0, 0.1) is 6.92 Å². The van der Waals surface area contributed by atoms with Crippen LogP contribution >= 0.6 is 0 Å². The van der Waals surface area contributed by atoms with E-state index >= 15 is 0 Å². The summed E-state index contributed by atoms with van der Waals surface area (Å²) in [5.74, 6) is -0.167. The van der Waals surface area contributed by atoms with Gasteiger partial charge < -0.3 is 15.0 Å². The van der Waals surface area contributed by atoms with Gasteiger partial charge in [0.25, 0.3) is 5.91 Å². The van der Waals surface area contributed by atoms with E-state index in [9.17, 15) is 4.79 Å². The highest BCUT2D eigenvalue weighted by Gasteiger charge is 2.24. The molecule has 2 heterocycles. The zero-order chi connectivity index (χ0) is 20.1. The van der Waals surface area contributed by atoms with Gasteiger partial charge in [-0.1, -0.05) is 54.6 Å². The number of carbonyl (C=O) groups excluding carboxylic acids is 1. The molecule has 1 amide bonds. The first kappa shape index (κ1) is 19.2. The van der Waals surface area contributed by atoms with Crippen LogP contribution in [0.15, 0.2) is 72.9 Å². The zero-order valence-electron chi connectivity index (χ0n) is 16.5. The average molecular weight is 387 g/mol. The molecule has 1 aliphatic rings. The van der Waals surface area contributed by atoms with Crippen LogP contribution in [0.4, 0.5) is 5.69 Å². The fraction of sp³-hybridized carbons (Fsp3) is 0.250. The third-order valence-corrected chi connectivity index (χ3v) is 5.24. The monoisotopic (exact) mass is 387 g/mol. The molecular formula is C24H25N3O2. The van der Waals surface area contributed by atoms with Gasteiger partial charge in [-0.3, -0.25) is 9.78 Å². The van der Waals surface area contributed by atoms with E-state index in [2.05, 4.69) is 34.3 Å². The van der Waals surface area contributed by atoms with Gasteiger partial charge in [-0.05, 0) is 35.7 Å². The number of hydrogen-bond donors (Lipinski definition) is 1. The summed E-state index contributed by atoms with van der Waals surface area (Å²) in [5, 5.41) is 2.94. The fourth-order valence-electron chi connectivity index (χ4n) is 3.63. The number of aromatic nitrogens is 1. The average Bonchev–Trinajstić information content (AvgIpc) is 2.79. The normalized spacial score (nSPS) is 16.4. The van der Waals surface area contributed by atoms with E-state index in [1.807, 2.05) is 54.6 Å². The molecule has 1 atom stereocenters. The number of nitrogens with one attached hydrogen (secondary N) is 1. The van der Waals surface area contributed by atoms with Gasteiger partial charge in [-0.25, -0.2) is 0 Å². The molecule has 0 spiro atoms. The summed E-state index contributed by atoms with van der Waals surface area (Å²) in [4.78, 5) is 19.1. The van der Waals surface area contributed by atoms with E-state index in [4.69, 9.17) is 4.74 Å². The number of nitrogens with zero attached hydrogens (tertiary/aromatic N) is 2. The minimum absolute atomic E-state index is 0.0217. The molecule has 29 heavy (non-hydrogen) atoms. The molecule has 2 aromatic carbocycles. The number of amides is 1. The minimum Gasteiger partial charge on any atom is -0.370 e. The van der Waals surface area contributed by atoms with Crippen LogP contribution in [0.5, 0.6) is 0 Å². The minimum atomic E-state index is -0.167. The van der Waals surface area contributed by atoms with Gasteiger partial charge in [-0.2, -0.15) is 0 Å². The van der Waals surface area contributed by atoms with Crippen LogP contribution in [0.1, 0.15) is 33.3 Å². The Morgan fingerprint density at radius 2 is 1.93 bits per heavy atom. The van der Waals surface area contributed by atoms with Gasteiger partial charge in [0, 0.05) is 31.5 Å². The van der Waals surface area contributed by atoms with E-state index in [1.165, 1.54) is 11.1 Å². The Kier molecular flexibility index (Phi) is 5.86. The van der Waals surface area contributed by atoms with Crippen molar-refractivity contribution in [3.63, 3.8) is 0 Å². The molecule has 3 aromatic rings. The second-order valence-electron chi connectivity index (χ2n) is 7.23. The third-order valence-electron chi connectivity index (χ3n) is 5.24. The van der Waals surface area contributed by atoms with Gasteiger partial charge in [0.1, 0.15) is 11.8 Å². The number of anilines is 1. The predicted octanol–water partition coefficient (Wildman–Crippen LogP) is 3.90. The van der Waals surface area contributed by atoms with Crippen molar-refractivity contribution >= 4 is 11.6 Å². The van der Waals surface area contributed by atoms with Crippen molar-refractivity contribution in [1.82, 2.24) is 10.3 Å². The van der Waals surface area contributed by atoms with Crippen molar-refractivity contribution in [3.05, 3.63) is 95.3 Å². The lowest BCUT2D eigenvalue weighted by atomic mass is 10.0. The lowest BCUT2D eigenvalue weighted by molar-refractivity contribution is 0.0394. The Morgan fingerprint density at radius 1 is 1.14 bits per heavy atom. The standard InChI is InChI=1S/C24H25N3O2/c1-18-7-5-6-10-21(18)23-17-27(13-14-29-23)20-11-12-25-22(15-20)24(28)26-16-19-8-3-2-4-9-19/h2-12,15,23H,13-14,16-17H2,1H3,(H,26,28). The first-order valence-electron chi connectivity index (χ1n) is 9.91. The predicted molar refractivity (Wildman–Crippen MR) is 114 cm³/mol. The number of aryl methyl sites for hydroxylation is 1. The molecule has 1 aliphatic heterocycles. The Hall–Kier alpha value is -3.18. The second-order valence-corrected chi connectivity index (χ2v) is 7.23. The van der Waals surface area contributed by atoms with Gasteiger partial charge in [0.15, 0.2) is 0 Å². The number of rotatable bonds is 5. The van der Waals surface area contributed by atoms with E-state index in [-0.39, 0.29) is 12.0 Å². The van der Waals surface area contributed by atoms with Crippen LogP contribution in [0.3, 0.4) is 0 Å². The Balaban J connectivity index is 1.45. The van der Waals surface area contributed by atoms with Gasteiger partial charge in [-0.15, -0.1) is 0 Å². The van der Waals surface area contributed by atoms with E-state index in [0.717, 1.165) is 24.3 Å². The summed E-state index contributed by atoms with van der Waals surface area (Å²) in [5.41, 5.74) is 4.93. The first-order chi connectivity index (χ1) is 14.2. The number of ether oxygens (including phenoxy) is 1. The highest BCUT2D eigenvalue weighted by atomic mass is 16.5. The van der Waals surface area contributed by atoms with Crippen molar-refractivity contribution < 1.29 is 9.53 Å². The summed E-state index contributed by atoms with van der Waals surface area (Å²) in [7, 11) is 0. The zero-order valence-corrected chi connectivity index (χ0v) is 16.5. The van der Waals surface area contributed by atoms with Crippen molar-refractivity contribution in [3.8, 4) is 0 Å². The number of hydrogen-bond acceptors (Lipinski definition) is 4. The Labute approximate surface area is 171 Å². The Morgan fingerprint density at radius 3 is 2.76 bits per heavy atom. The number of benzene rings is 2. The van der Waals surface area contributed by atoms with Crippen molar-refractivity contribution in [2.24, 2.45) is 0 Å². The molecular weight excluding hydrogens is 362 g/mol. The topological polar surface area (TPSA) is 54.5 Å². The lowest BCUT2D eigenvalue weighted by Crippen LogP contribution is -2.38. The van der Waals surface area contributed by atoms with Gasteiger partial charge >= 0.3 is 0 Å². The highest BCUT2D eigenvalue weighted by molar-refractivity contribution is 5.93. The van der Waals surface area contributed by atoms with Gasteiger partial charge in [0.05, 0.1) is 6.61 Å². The molecule has 4 rings (SSSR count). The Bertz CT molecular complexity index is 975. The molecule has 1 saturated heterocycles. The number of morpholine rings is 1. The van der Waals surface area contributed by atoms with Crippen molar-refractivity contribution in [2.45, 2.75) is 19.6 Å². The molecule has 1 aromatic heterocycles. The molecule has 148 valence electrons. The molecule has 1 N–H and O–H groups in total. The van der Waals surface area contributed by atoms with E-state index in [0.29, 0.717) is 18.8 Å². The third kappa shape index (κ3) is 4.63. The summed E-state index contributed by atoms with van der Waals surface area (Å²) >= 11 is 0. The lowest BCUT2D eigenvalue weighted by Gasteiger charge is -2.35. The second kappa shape index (κ2) is 8.88. The summed E-state index contributed by atoms with van der Waals surface area (Å²) in [6, 6.07) is 22.0. The largest absolute Gasteiger partial charge is 0.370 e. The first-order valence-corrected chi connectivity index (χ1v) is 9.91. The molecule has 0 bridgehead atoms. The molecule has 0 radical (unpaired) electrons. The maximum atomic E-state index is 12.6. The van der Waals surface area contributed by atoms with Crippen LogP contribution in [-0.2, 0) is 11.3 Å². The van der Waals surface area contributed by atoms with Crippen LogP contribution in [0.2, 0.25) is 0 Å². The smallest absolute Gasteiger partial charge is 0.270 e. The molecule has 5 nitrogen and oxygen atoms in total. The summed E-state index contributed by atoms with van der Waals surface area (Å²) in [6.07, 6.45) is 1.72. The molecule has 0 aliphatic carbocycles. The molecule has 1 fully saturated rings. The molecule has 0 saturated carbocycles. The SMILES string of the molecule is Cc1ccccc1C1CN(c2ccnc(C(=O)NCc3ccccc3)c2)CCO1. The van der Waals surface area contributed by atoms with Crippen LogP contribution in [0.25, 0.3) is 0 Å². The van der Waals surface area contributed by atoms with E-state index < -0.39 is 0 Å². The fourth-order valence-corrected chi connectivity index (χ4v) is 3.63. The maximum Gasteiger partial charge on any atom is 0.270 e. The maximum absolute atomic E-state index is 12.6. The van der Waals surface area contributed by atoms with E-state index in [1.54, 1.807) is 6.20 Å². The quantitative estimate of drug-likeness (QED) is 0.721. The highest BCUT2D eigenvalue weighted by Crippen LogP contribution is 2.28. The number of carbonyl (C=O) groups is 1. The van der Waals surface area contributed by atoms with Crippen LogP contribution < -0.4 is 10.2 Å². The number of pyridine rings is 1. The van der Waals surface area contributed by atoms with Crippen molar-refractivity contribution in [1.29, 1.82) is 0 Å². The van der Waals surface area contributed by atoms with Crippen LogP contribution in [-0.4, -0.2) is 30.6 Å².